The largest absolute Gasteiger partial charge is 0.480 e. The van der Waals surface area contributed by atoms with Crippen LogP contribution in [-0.4, -0.2) is 52.8 Å². The highest BCUT2D eigenvalue weighted by molar-refractivity contribution is 7.12. The molecular formula is C18H26N2O4S. The van der Waals surface area contributed by atoms with Crippen LogP contribution in [0.25, 0.3) is 0 Å². The number of aryl methyl sites for hydroxylation is 2. The molecule has 0 bridgehead atoms. The molecule has 0 aromatic carbocycles. The number of carboxylic acids is 1. The van der Waals surface area contributed by atoms with Gasteiger partial charge in [0.05, 0.1) is 6.54 Å². The van der Waals surface area contributed by atoms with E-state index in [1.54, 1.807) is 11.3 Å². The highest BCUT2D eigenvalue weighted by atomic mass is 32.1. The second kappa shape index (κ2) is 8.58. The van der Waals surface area contributed by atoms with Crippen molar-refractivity contribution in [2.45, 2.75) is 58.5 Å². The molecular weight excluding hydrogens is 340 g/mol. The van der Waals surface area contributed by atoms with E-state index in [4.69, 9.17) is 5.11 Å². The molecule has 2 N–H and O–H groups in total. The minimum Gasteiger partial charge on any atom is -0.480 e. The van der Waals surface area contributed by atoms with Crippen LogP contribution in [-0.2, 0) is 9.59 Å². The number of rotatable bonds is 9. The van der Waals surface area contributed by atoms with Gasteiger partial charge in [0.2, 0.25) is 5.91 Å². The minimum absolute atomic E-state index is 0.0158. The van der Waals surface area contributed by atoms with Crippen LogP contribution in [0.2, 0.25) is 0 Å². The average Bonchev–Trinajstić information content (AvgIpc) is 2.84. The highest BCUT2D eigenvalue weighted by Crippen LogP contribution is 2.26. The van der Waals surface area contributed by atoms with Crippen molar-refractivity contribution in [1.82, 2.24) is 10.2 Å². The molecule has 138 valence electrons. The van der Waals surface area contributed by atoms with Crippen molar-refractivity contribution < 1.29 is 19.5 Å². The summed E-state index contributed by atoms with van der Waals surface area (Å²) in [6.45, 7) is 6.56. The zero-order chi connectivity index (χ0) is 18.6. The first-order valence-electron chi connectivity index (χ1n) is 8.65. The monoisotopic (exact) mass is 366 g/mol. The Bertz CT molecular complexity index is 650. The fraction of sp³-hybridized carbons (Fsp3) is 0.611. The van der Waals surface area contributed by atoms with E-state index in [0.717, 1.165) is 28.2 Å². The van der Waals surface area contributed by atoms with Gasteiger partial charge >= 0.3 is 5.97 Å². The lowest BCUT2D eigenvalue weighted by molar-refractivity contribution is -0.139. The maximum atomic E-state index is 12.2. The van der Waals surface area contributed by atoms with E-state index >= 15 is 0 Å². The van der Waals surface area contributed by atoms with Crippen molar-refractivity contribution in [3.8, 4) is 0 Å². The van der Waals surface area contributed by atoms with Crippen molar-refractivity contribution in [2.24, 2.45) is 0 Å². The Morgan fingerprint density at radius 3 is 2.48 bits per heavy atom. The van der Waals surface area contributed by atoms with Gasteiger partial charge in [-0.1, -0.05) is 6.92 Å². The average molecular weight is 366 g/mol. The Kier molecular flexibility index (Phi) is 6.72. The zero-order valence-electron chi connectivity index (χ0n) is 15.0. The number of aliphatic carboxylic acids is 1. The topological polar surface area (TPSA) is 86.7 Å². The minimum atomic E-state index is -0.827. The Labute approximate surface area is 152 Å². The molecule has 25 heavy (non-hydrogen) atoms. The standard InChI is InChI=1S/C18H26N2O4S/c1-4-20(10-18(23)24)14-8-13(9-14)19-17(22)6-5-16(21)15-7-11(2)25-12(15)3/h7,13-14H,4-6,8-10H2,1-3H3,(H,19,22)(H,23,24). The van der Waals surface area contributed by atoms with Crippen LogP contribution in [0.3, 0.4) is 0 Å². The third-order valence-electron chi connectivity index (χ3n) is 4.66. The van der Waals surface area contributed by atoms with Crippen LogP contribution >= 0.6 is 11.3 Å². The maximum Gasteiger partial charge on any atom is 0.317 e. The molecule has 0 aliphatic heterocycles. The summed E-state index contributed by atoms with van der Waals surface area (Å²) in [6.07, 6.45) is 1.95. The number of carboxylic acid groups (broad SMARTS) is 1. The van der Waals surface area contributed by atoms with Crippen molar-refractivity contribution in [1.29, 1.82) is 0 Å². The molecule has 0 saturated heterocycles. The predicted octanol–water partition coefficient (Wildman–Crippen LogP) is 2.38. The van der Waals surface area contributed by atoms with E-state index in [1.165, 1.54) is 0 Å². The third kappa shape index (κ3) is 5.37. The number of carbonyl (C=O) groups is 3. The van der Waals surface area contributed by atoms with Gasteiger partial charge in [0.15, 0.2) is 5.78 Å². The second-order valence-corrected chi connectivity index (χ2v) is 8.06. The fourth-order valence-corrected chi connectivity index (χ4v) is 4.19. The molecule has 1 aromatic heterocycles. The van der Waals surface area contributed by atoms with E-state index in [2.05, 4.69) is 5.32 Å². The van der Waals surface area contributed by atoms with Crippen molar-refractivity contribution >= 4 is 29.0 Å². The van der Waals surface area contributed by atoms with E-state index in [-0.39, 0.29) is 43.2 Å². The smallest absolute Gasteiger partial charge is 0.317 e. The predicted molar refractivity (Wildman–Crippen MR) is 97.2 cm³/mol. The summed E-state index contributed by atoms with van der Waals surface area (Å²) in [5.41, 5.74) is 0.728. The Hall–Kier alpha value is -1.73. The molecule has 1 fully saturated rings. The Morgan fingerprint density at radius 2 is 1.96 bits per heavy atom. The summed E-state index contributed by atoms with van der Waals surface area (Å²) in [4.78, 5) is 39.1. The SMILES string of the molecule is CCN(CC(=O)O)C1CC(NC(=O)CCC(=O)c2cc(C)sc2C)C1. The fourth-order valence-electron chi connectivity index (χ4n) is 3.25. The van der Waals surface area contributed by atoms with Gasteiger partial charge in [0, 0.05) is 40.2 Å². The third-order valence-corrected chi connectivity index (χ3v) is 5.63. The number of Topliss-reactive ketones (excluding diaryl/α,β-unsaturated/α-hetero) is 1. The van der Waals surface area contributed by atoms with Crippen LogP contribution in [0.4, 0.5) is 0 Å². The summed E-state index contributed by atoms with van der Waals surface area (Å²) >= 11 is 1.60. The molecule has 0 atom stereocenters. The van der Waals surface area contributed by atoms with Crippen LogP contribution < -0.4 is 5.32 Å². The first kappa shape index (κ1) is 19.6. The Balaban J connectivity index is 1.71. The molecule has 1 amide bonds. The molecule has 1 heterocycles. The van der Waals surface area contributed by atoms with E-state index in [1.807, 2.05) is 31.7 Å². The maximum absolute atomic E-state index is 12.2. The van der Waals surface area contributed by atoms with Gasteiger partial charge in [-0.05, 0) is 39.3 Å². The van der Waals surface area contributed by atoms with Gasteiger partial charge in [-0.3, -0.25) is 19.3 Å². The van der Waals surface area contributed by atoms with Gasteiger partial charge in [-0.25, -0.2) is 0 Å². The number of thiophene rings is 1. The lowest BCUT2D eigenvalue weighted by atomic mass is 9.85. The Morgan fingerprint density at radius 1 is 1.28 bits per heavy atom. The summed E-state index contributed by atoms with van der Waals surface area (Å²) in [5.74, 6) is -0.920. The molecule has 7 heteroatoms. The summed E-state index contributed by atoms with van der Waals surface area (Å²) in [5, 5.41) is 11.8. The molecule has 0 unspecified atom stereocenters. The molecule has 6 nitrogen and oxygen atoms in total. The number of hydrogen-bond acceptors (Lipinski definition) is 5. The van der Waals surface area contributed by atoms with Gasteiger partial charge in [-0.2, -0.15) is 0 Å². The van der Waals surface area contributed by atoms with Gasteiger partial charge in [-0.15, -0.1) is 11.3 Å². The van der Waals surface area contributed by atoms with Crippen LogP contribution in [0.5, 0.6) is 0 Å². The normalized spacial score (nSPS) is 19.5. The first-order chi connectivity index (χ1) is 11.8. The lowest BCUT2D eigenvalue weighted by Gasteiger charge is -2.42. The van der Waals surface area contributed by atoms with Gasteiger partial charge in [0.25, 0.3) is 0 Å². The lowest BCUT2D eigenvalue weighted by Crippen LogP contribution is -2.54. The van der Waals surface area contributed by atoms with Gasteiger partial charge < -0.3 is 10.4 Å². The number of ketones is 1. The highest BCUT2D eigenvalue weighted by Gasteiger charge is 2.34. The number of carbonyl (C=O) groups excluding carboxylic acids is 2. The number of likely N-dealkylation sites (N-methyl/N-ethyl adjacent to an activating group) is 1. The van der Waals surface area contributed by atoms with E-state index in [0.29, 0.717) is 6.54 Å². The molecule has 1 aliphatic carbocycles. The van der Waals surface area contributed by atoms with Crippen molar-refractivity contribution in [3.63, 3.8) is 0 Å². The molecule has 2 rings (SSSR count). The second-order valence-electron chi connectivity index (χ2n) is 6.60. The van der Waals surface area contributed by atoms with Crippen molar-refractivity contribution in [3.05, 3.63) is 21.4 Å². The van der Waals surface area contributed by atoms with Crippen LogP contribution in [0.1, 0.15) is 52.7 Å². The van der Waals surface area contributed by atoms with Crippen LogP contribution in [0.15, 0.2) is 6.07 Å². The summed E-state index contributed by atoms with van der Waals surface area (Å²) < 4.78 is 0. The molecule has 1 aromatic rings. The quantitative estimate of drug-likeness (QED) is 0.655. The van der Waals surface area contributed by atoms with Crippen LogP contribution in [0, 0.1) is 13.8 Å². The number of nitrogens with zero attached hydrogens (tertiary/aromatic N) is 1. The first-order valence-corrected chi connectivity index (χ1v) is 9.47. The number of hydrogen-bond donors (Lipinski definition) is 2. The summed E-state index contributed by atoms with van der Waals surface area (Å²) in [6, 6.07) is 2.18. The number of nitrogens with one attached hydrogen (secondary N) is 1. The van der Waals surface area contributed by atoms with Gasteiger partial charge in [0.1, 0.15) is 0 Å². The molecule has 1 saturated carbocycles. The summed E-state index contributed by atoms with van der Waals surface area (Å²) in [7, 11) is 0. The zero-order valence-corrected chi connectivity index (χ0v) is 15.8. The van der Waals surface area contributed by atoms with E-state index < -0.39 is 5.97 Å². The van der Waals surface area contributed by atoms with E-state index in [9.17, 15) is 14.4 Å². The molecule has 1 aliphatic rings. The molecule has 0 radical (unpaired) electrons. The number of amides is 1. The molecule has 0 spiro atoms. The van der Waals surface area contributed by atoms with Crippen molar-refractivity contribution in [2.75, 3.05) is 13.1 Å².